The predicted octanol–water partition coefficient (Wildman–Crippen LogP) is 2.64. The Labute approximate surface area is 137 Å². The van der Waals surface area contributed by atoms with Gasteiger partial charge in [-0.3, -0.25) is 10.2 Å². The fourth-order valence-electron chi connectivity index (χ4n) is 2.71. The van der Waals surface area contributed by atoms with Gasteiger partial charge in [0.25, 0.3) is 0 Å². The Hall–Kier alpha value is -1.66. The van der Waals surface area contributed by atoms with E-state index in [1.54, 1.807) is 12.1 Å². The van der Waals surface area contributed by atoms with E-state index in [-0.39, 0.29) is 23.8 Å². The number of rotatable bonds is 6. The second-order valence-electron chi connectivity index (χ2n) is 6.42. The lowest BCUT2D eigenvalue weighted by molar-refractivity contribution is -0.117. The number of carbonyl (C=O) groups excluding carboxylic acids is 1. The average molecular weight is 322 g/mol. The number of hydrogen-bond donors (Lipinski definition) is 3. The van der Waals surface area contributed by atoms with Gasteiger partial charge in [0.2, 0.25) is 5.91 Å². The van der Waals surface area contributed by atoms with Crippen molar-refractivity contribution in [3.05, 3.63) is 24.0 Å². The highest BCUT2D eigenvalue weighted by Crippen LogP contribution is 2.24. The molecule has 1 amide bonds. The van der Waals surface area contributed by atoms with Crippen LogP contribution in [0.25, 0.3) is 0 Å². The Balaban J connectivity index is 1.98. The van der Waals surface area contributed by atoms with Gasteiger partial charge in [-0.2, -0.15) is 0 Å². The predicted molar refractivity (Wildman–Crippen MR) is 91.9 cm³/mol. The molecule has 23 heavy (non-hydrogen) atoms. The maximum atomic E-state index is 14.2. The van der Waals surface area contributed by atoms with Gasteiger partial charge < -0.3 is 10.2 Å². The molecule has 1 aromatic rings. The van der Waals surface area contributed by atoms with Gasteiger partial charge in [0.15, 0.2) is 0 Å². The molecule has 1 heterocycles. The van der Waals surface area contributed by atoms with Crippen LogP contribution in [0, 0.1) is 5.82 Å². The molecule has 3 N–H and O–H groups in total. The highest BCUT2D eigenvalue weighted by atomic mass is 19.1. The number of nitrogens with zero attached hydrogens (tertiary/aromatic N) is 1. The topological polar surface area (TPSA) is 56.4 Å². The molecule has 0 radical (unpaired) electrons. The SMILES string of the molecule is CCCC1CC(C(=O)Nc2ccc(N(C)C(C)C)c(F)c2)NN1. The quantitative estimate of drug-likeness (QED) is 0.754. The third-order valence-electron chi connectivity index (χ3n) is 4.31. The number of amides is 1. The number of hydrazine groups is 1. The number of anilines is 2. The summed E-state index contributed by atoms with van der Waals surface area (Å²) in [5, 5.41) is 2.78. The number of nitrogens with one attached hydrogen (secondary N) is 3. The maximum Gasteiger partial charge on any atom is 0.242 e. The van der Waals surface area contributed by atoms with Crippen molar-refractivity contribution in [3.63, 3.8) is 0 Å². The molecular formula is C17H27FN4O. The first-order valence-corrected chi connectivity index (χ1v) is 8.26. The molecule has 1 aromatic carbocycles. The van der Waals surface area contributed by atoms with Crippen molar-refractivity contribution in [2.75, 3.05) is 17.3 Å². The lowest BCUT2D eigenvalue weighted by atomic mass is 10.1. The van der Waals surface area contributed by atoms with Crippen LogP contribution in [0.1, 0.15) is 40.0 Å². The van der Waals surface area contributed by atoms with Gasteiger partial charge in [-0.25, -0.2) is 9.82 Å². The average Bonchev–Trinajstić information content (AvgIpc) is 2.96. The van der Waals surface area contributed by atoms with Crippen molar-refractivity contribution >= 4 is 17.3 Å². The molecule has 6 heteroatoms. The molecule has 1 aliphatic rings. The normalized spacial score (nSPS) is 20.8. The Kier molecular flexibility index (Phi) is 5.96. The number of hydrogen-bond acceptors (Lipinski definition) is 4. The number of halogens is 1. The molecule has 5 nitrogen and oxygen atoms in total. The zero-order valence-electron chi connectivity index (χ0n) is 14.3. The number of benzene rings is 1. The van der Waals surface area contributed by atoms with Crippen LogP contribution < -0.4 is 21.1 Å². The summed E-state index contributed by atoms with van der Waals surface area (Å²) >= 11 is 0. The largest absolute Gasteiger partial charge is 0.370 e. The van der Waals surface area contributed by atoms with E-state index < -0.39 is 0 Å². The van der Waals surface area contributed by atoms with E-state index in [0.717, 1.165) is 19.3 Å². The summed E-state index contributed by atoms with van der Waals surface area (Å²) in [4.78, 5) is 14.1. The van der Waals surface area contributed by atoms with Gasteiger partial charge in [0.1, 0.15) is 11.9 Å². The van der Waals surface area contributed by atoms with Gasteiger partial charge in [-0.05, 0) is 44.9 Å². The highest BCUT2D eigenvalue weighted by Gasteiger charge is 2.28. The molecule has 0 aliphatic carbocycles. The van der Waals surface area contributed by atoms with E-state index >= 15 is 0 Å². The van der Waals surface area contributed by atoms with Crippen LogP contribution >= 0.6 is 0 Å². The van der Waals surface area contributed by atoms with Crippen molar-refractivity contribution < 1.29 is 9.18 Å². The van der Waals surface area contributed by atoms with Crippen LogP contribution in [-0.4, -0.2) is 31.1 Å². The smallest absolute Gasteiger partial charge is 0.242 e. The van der Waals surface area contributed by atoms with Crippen molar-refractivity contribution in [2.24, 2.45) is 0 Å². The van der Waals surface area contributed by atoms with E-state index in [9.17, 15) is 9.18 Å². The monoisotopic (exact) mass is 322 g/mol. The lowest BCUT2D eigenvalue weighted by Gasteiger charge is -2.24. The van der Waals surface area contributed by atoms with Crippen LogP contribution in [0.3, 0.4) is 0 Å². The third-order valence-corrected chi connectivity index (χ3v) is 4.31. The summed E-state index contributed by atoms with van der Waals surface area (Å²) in [6, 6.07) is 5.04. The molecule has 0 saturated carbocycles. The number of carbonyl (C=O) groups is 1. The molecule has 2 rings (SSSR count). The summed E-state index contributed by atoms with van der Waals surface area (Å²) in [6.07, 6.45) is 2.85. The molecule has 0 bridgehead atoms. The molecule has 0 spiro atoms. The maximum absolute atomic E-state index is 14.2. The molecule has 2 unspecified atom stereocenters. The van der Waals surface area contributed by atoms with Crippen molar-refractivity contribution in [1.82, 2.24) is 10.9 Å². The minimum Gasteiger partial charge on any atom is -0.370 e. The summed E-state index contributed by atoms with van der Waals surface area (Å²) < 4.78 is 14.2. The van der Waals surface area contributed by atoms with Crippen LogP contribution in [0.2, 0.25) is 0 Å². The van der Waals surface area contributed by atoms with E-state index in [1.807, 2.05) is 25.8 Å². The molecular weight excluding hydrogens is 295 g/mol. The van der Waals surface area contributed by atoms with Crippen molar-refractivity contribution in [1.29, 1.82) is 0 Å². The molecule has 0 aromatic heterocycles. The minimum absolute atomic E-state index is 0.138. The Morgan fingerprint density at radius 1 is 1.43 bits per heavy atom. The van der Waals surface area contributed by atoms with Gasteiger partial charge in [0.05, 0.1) is 5.69 Å². The second-order valence-corrected chi connectivity index (χ2v) is 6.42. The first kappa shape index (κ1) is 17.7. The van der Waals surface area contributed by atoms with Crippen molar-refractivity contribution in [2.45, 2.75) is 58.2 Å². The molecule has 1 aliphatic heterocycles. The minimum atomic E-state index is -0.333. The summed E-state index contributed by atoms with van der Waals surface area (Å²) in [7, 11) is 1.85. The zero-order valence-corrected chi connectivity index (χ0v) is 14.3. The lowest BCUT2D eigenvalue weighted by Crippen LogP contribution is -2.40. The van der Waals surface area contributed by atoms with Gasteiger partial charge in [0, 0.05) is 24.8 Å². The van der Waals surface area contributed by atoms with Gasteiger partial charge in [-0.1, -0.05) is 13.3 Å². The highest BCUT2D eigenvalue weighted by molar-refractivity contribution is 5.95. The summed E-state index contributed by atoms with van der Waals surface area (Å²) in [5.74, 6) is -0.471. The Morgan fingerprint density at radius 3 is 2.78 bits per heavy atom. The first-order valence-electron chi connectivity index (χ1n) is 8.26. The molecule has 1 fully saturated rings. The van der Waals surface area contributed by atoms with Crippen LogP contribution in [0.5, 0.6) is 0 Å². The van der Waals surface area contributed by atoms with E-state index in [2.05, 4.69) is 23.1 Å². The van der Waals surface area contributed by atoms with E-state index in [0.29, 0.717) is 17.4 Å². The molecule has 2 atom stereocenters. The Morgan fingerprint density at radius 2 is 2.17 bits per heavy atom. The standard InChI is InChI=1S/C17H27FN4O/c1-5-6-13-10-15(21-20-13)17(23)19-12-7-8-16(14(18)9-12)22(4)11(2)3/h7-9,11,13,15,20-21H,5-6,10H2,1-4H3,(H,19,23). The van der Waals surface area contributed by atoms with Crippen molar-refractivity contribution in [3.8, 4) is 0 Å². The molecule has 128 valence electrons. The fraction of sp³-hybridized carbons (Fsp3) is 0.588. The van der Waals surface area contributed by atoms with Crippen LogP contribution in [-0.2, 0) is 4.79 Å². The third kappa shape index (κ3) is 4.42. The fourth-order valence-corrected chi connectivity index (χ4v) is 2.71. The summed E-state index contributed by atoms with van der Waals surface area (Å²) in [5.41, 5.74) is 7.15. The van der Waals surface area contributed by atoms with Gasteiger partial charge in [-0.15, -0.1) is 0 Å². The van der Waals surface area contributed by atoms with Crippen LogP contribution in [0.4, 0.5) is 15.8 Å². The second kappa shape index (κ2) is 7.75. The zero-order chi connectivity index (χ0) is 17.0. The Bertz CT molecular complexity index is 549. The van der Waals surface area contributed by atoms with Crippen LogP contribution in [0.15, 0.2) is 18.2 Å². The van der Waals surface area contributed by atoms with E-state index in [1.165, 1.54) is 6.07 Å². The first-order chi connectivity index (χ1) is 10.9. The molecule has 1 saturated heterocycles. The summed E-state index contributed by atoms with van der Waals surface area (Å²) in [6.45, 7) is 6.12. The van der Waals surface area contributed by atoms with Gasteiger partial charge >= 0.3 is 0 Å². The van der Waals surface area contributed by atoms with E-state index in [4.69, 9.17) is 0 Å².